The van der Waals surface area contributed by atoms with Crippen LogP contribution in [0.5, 0.6) is 0 Å². The second-order valence-electron chi connectivity index (χ2n) is 2.75. The molecule has 1 nitrogen and oxygen atoms in total. The fourth-order valence-electron chi connectivity index (χ4n) is 0.968. The zero-order chi connectivity index (χ0) is 8.65. The van der Waals surface area contributed by atoms with E-state index in [-0.39, 0.29) is 0 Å². The number of hydrogen-bond acceptors (Lipinski definition) is 1. The lowest BCUT2D eigenvalue weighted by Crippen LogP contribution is -1.94. The molecule has 0 unspecified atom stereocenters. The lowest BCUT2D eigenvalue weighted by Gasteiger charge is -2.02. The van der Waals surface area contributed by atoms with Crippen molar-refractivity contribution in [2.45, 2.75) is 19.4 Å². The zero-order valence-corrected chi connectivity index (χ0v) is 7.33. The second kappa shape index (κ2) is 5.78. The van der Waals surface area contributed by atoms with Crippen LogP contribution in [0.4, 0.5) is 0 Å². The first-order valence-electron chi connectivity index (χ1n) is 4.34. The normalized spacial score (nSPS) is 10.1. The van der Waals surface area contributed by atoms with Crippen LogP contribution < -0.4 is 0 Å². The molecular weight excluding hydrogens is 148 g/mol. The van der Waals surface area contributed by atoms with Crippen LogP contribution in [-0.4, -0.2) is 6.61 Å². The van der Waals surface area contributed by atoms with Gasteiger partial charge in [-0.25, -0.2) is 0 Å². The fraction of sp³-hybridized carbons (Fsp3) is 0.364. The Morgan fingerprint density at radius 3 is 2.58 bits per heavy atom. The molecule has 0 saturated heterocycles. The van der Waals surface area contributed by atoms with Crippen molar-refractivity contribution < 1.29 is 4.74 Å². The number of unbranched alkanes of at least 4 members (excludes halogenated alkanes) is 1. The minimum Gasteiger partial charge on any atom is -0.377 e. The quantitative estimate of drug-likeness (QED) is 0.606. The minimum absolute atomic E-state index is 0.723. The molecule has 0 amide bonds. The average Bonchev–Trinajstić information content (AvgIpc) is 2.14. The van der Waals surface area contributed by atoms with E-state index >= 15 is 0 Å². The highest BCUT2D eigenvalue weighted by Gasteiger charge is 1.89. The largest absolute Gasteiger partial charge is 0.377 e. The first kappa shape index (κ1) is 9.27. The average molecular weight is 163 g/mol. The molecule has 0 aromatic heterocycles. The molecule has 1 aromatic rings. The van der Waals surface area contributed by atoms with Gasteiger partial charge in [0.05, 0.1) is 6.61 Å². The van der Waals surface area contributed by atoms with Crippen molar-refractivity contribution >= 4 is 0 Å². The first-order valence-corrected chi connectivity index (χ1v) is 4.34. The van der Waals surface area contributed by atoms with Crippen LogP contribution in [0.3, 0.4) is 0 Å². The standard InChI is InChI=1S/C11H15O/c1-2-3-9-12-10-11-7-5-4-6-8-11/h4-8H,1-3,9-10H2. The molecule has 1 heteroatoms. The summed E-state index contributed by atoms with van der Waals surface area (Å²) < 4.78 is 5.42. The van der Waals surface area contributed by atoms with E-state index in [1.54, 1.807) is 0 Å². The highest BCUT2D eigenvalue weighted by Crippen LogP contribution is 2.00. The third-order valence-corrected chi connectivity index (χ3v) is 1.65. The molecule has 65 valence electrons. The summed E-state index contributed by atoms with van der Waals surface area (Å²) in [6, 6.07) is 10.2. The molecule has 0 aliphatic heterocycles. The van der Waals surface area contributed by atoms with Gasteiger partial charge in [-0.3, -0.25) is 0 Å². The highest BCUT2D eigenvalue weighted by atomic mass is 16.5. The molecule has 1 rings (SSSR count). The Labute approximate surface area is 74.4 Å². The van der Waals surface area contributed by atoms with Gasteiger partial charge in [-0.1, -0.05) is 43.7 Å². The Morgan fingerprint density at radius 1 is 1.17 bits per heavy atom. The summed E-state index contributed by atoms with van der Waals surface area (Å²) in [5, 5.41) is 0. The van der Waals surface area contributed by atoms with Crippen molar-refractivity contribution in [1.82, 2.24) is 0 Å². The molecule has 0 heterocycles. The second-order valence-corrected chi connectivity index (χ2v) is 2.75. The zero-order valence-electron chi connectivity index (χ0n) is 7.33. The van der Waals surface area contributed by atoms with Gasteiger partial charge in [0.2, 0.25) is 0 Å². The molecule has 0 fully saturated rings. The van der Waals surface area contributed by atoms with Crippen molar-refractivity contribution in [3.8, 4) is 0 Å². The van der Waals surface area contributed by atoms with Gasteiger partial charge in [0.25, 0.3) is 0 Å². The maximum atomic E-state index is 5.42. The fourth-order valence-corrected chi connectivity index (χ4v) is 0.968. The molecule has 0 saturated carbocycles. The molecule has 0 bridgehead atoms. The van der Waals surface area contributed by atoms with Crippen LogP contribution in [0.15, 0.2) is 30.3 Å². The molecule has 0 N–H and O–H groups in total. The maximum Gasteiger partial charge on any atom is 0.0716 e. The summed E-state index contributed by atoms with van der Waals surface area (Å²) >= 11 is 0. The van der Waals surface area contributed by atoms with E-state index in [1.807, 2.05) is 18.2 Å². The van der Waals surface area contributed by atoms with E-state index in [4.69, 9.17) is 4.74 Å². The van der Waals surface area contributed by atoms with E-state index < -0.39 is 0 Å². The van der Waals surface area contributed by atoms with E-state index in [0.717, 1.165) is 26.1 Å². The van der Waals surface area contributed by atoms with Crippen molar-refractivity contribution in [2.75, 3.05) is 6.61 Å². The van der Waals surface area contributed by atoms with Crippen LogP contribution in [0.1, 0.15) is 18.4 Å². The molecule has 0 aliphatic carbocycles. The van der Waals surface area contributed by atoms with Crippen LogP contribution in [0.25, 0.3) is 0 Å². The first-order chi connectivity index (χ1) is 5.93. The predicted molar refractivity (Wildman–Crippen MR) is 50.7 cm³/mol. The summed E-state index contributed by atoms with van der Waals surface area (Å²) in [6.45, 7) is 5.29. The molecule has 12 heavy (non-hydrogen) atoms. The summed E-state index contributed by atoms with van der Waals surface area (Å²) in [5.41, 5.74) is 1.24. The van der Waals surface area contributed by atoms with Crippen molar-refractivity contribution in [1.29, 1.82) is 0 Å². The summed E-state index contributed by atoms with van der Waals surface area (Å²) in [7, 11) is 0. The van der Waals surface area contributed by atoms with Gasteiger partial charge < -0.3 is 4.74 Å². The van der Waals surface area contributed by atoms with Crippen molar-refractivity contribution in [2.24, 2.45) is 0 Å². The third-order valence-electron chi connectivity index (χ3n) is 1.65. The Hall–Kier alpha value is -0.820. The van der Waals surface area contributed by atoms with Gasteiger partial charge in [-0.15, -0.1) is 0 Å². The monoisotopic (exact) mass is 163 g/mol. The molecular formula is C11H15O. The Kier molecular flexibility index (Phi) is 4.47. The van der Waals surface area contributed by atoms with Crippen LogP contribution in [0.2, 0.25) is 0 Å². The van der Waals surface area contributed by atoms with E-state index in [9.17, 15) is 0 Å². The number of benzene rings is 1. The molecule has 0 atom stereocenters. The minimum atomic E-state index is 0.723. The predicted octanol–water partition coefficient (Wildman–Crippen LogP) is 2.82. The lowest BCUT2D eigenvalue weighted by molar-refractivity contribution is 0.119. The van der Waals surface area contributed by atoms with E-state index in [1.165, 1.54) is 5.56 Å². The third kappa shape index (κ3) is 3.54. The van der Waals surface area contributed by atoms with Crippen LogP contribution in [-0.2, 0) is 11.3 Å². The topological polar surface area (TPSA) is 9.23 Å². The van der Waals surface area contributed by atoms with E-state index in [2.05, 4.69) is 19.1 Å². The van der Waals surface area contributed by atoms with Crippen LogP contribution in [0, 0.1) is 6.92 Å². The van der Waals surface area contributed by atoms with Gasteiger partial charge in [-0.2, -0.15) is 0 Å². The van der Waals surface area contributed by atoms with Gasteiger partial charge >= 0.3 is 0 Å². The highest BCUT2D eigenvalue weighted by molar-refractivity contribution is 5.13. The number of ether oxygens (including phenoxy) is 1. The Balaban J connectivity index is 2.16. The summed E-state index contributed by atoms with van der Waals surface area (Å²) in [6.07, 6.45) is 2.00. The number of hydrogen-bond donors (Lipinski definition) is 0. The smallest absolute Gasteiger partial charge is 0.0716 e. The van der Waals surface area contributed by atoms with Crippen molar-refractivity contribution in [3.05, 3.63) is 42.8 Å². The Bertz CT molecular complexity index is 193. The summed E-state index contributed by atoms with van der Waals surface area (Å²) in [5.74, 6) is 0. The molecule has 0 aliphatic rings. The molecule has 1 radical (unpaired) electrons. The lowest BCUT2D eigenvalue weighted by atomic mass is 10.2. The molecule has 0 spiro atoms. The SMILES string of the molecule is [CH2]CCCOCc1ccccc1. The van der Waals surface area contributed by atoms with E-state index in [0.29, 0.717) is 0 Å². The molecule has 1 aromatic carbocycles. The van der Waals surface area contributed by atoms with Crippen LogP contribution >= 0.6 is 0 Å². The van der Waals surface area contributed by atoms with Crippen molar-refractivity contribution in [3.63, 3.8) is 0 Å². The van der Waals surface area contributed by atoms with Gasteiger partial charge in [0.15, 0.2) is 0 Å². The summed E-state index contributed by atoms with van der Waals surface area (Å²) in [4.78, 5) is 0. The Morgan fingerprint density at radius 2 is 1.92 bits per heavy atom. The van der Waals surface area contributed by atoms with Gasteiger partial charge in [-0.05, 0) is 12.0 Å². The number of rotatable bonds is 5. The maximum absolute atomic E-state index is 5.42. The van der Waals surface area contributed by atoms with Gasteiger partial charge in [0, 0.05) is 6.61 Å². The van der Waals surface area contributed by atoms with Gasteiger partial charge in [0.1, 0.15) is 0 Å².